The minimum Gasteiger partial charge on any atom is -0.457 e. The van der Waals surface area contributed by atoms with Crippen LogP contribution in [0.2, 0.25) is 0 Å². The van der Waals surface area contributed by atoms with Gasteiger partial charge < -0.3 is 16.2 Å². The average molecular weight is 284 g/mol. The normalized spacial score (nSPS) is 10.7. The van der Waals surface area contributed by atoms with E-state index in [1.807, 2.05) is 12.1 Å². The van der Waals surface area contributed by atoms with Crippen molar-refractivity contribution in [2.45, 2.75) is 26.7 Å². The second kappa shape index (κ2) is 7.25. The maximum atomic E-state index is 6.14. The lowest BCUT2D eigenvalue weighted by atomic mass is 10.1. The van der Waals surface area contributed by atoms with Crippen LogP contribution in [0.15, 0.2) is 36.4 Å². The lowest BCUT2D eigenvalue weighted by Crippen LogP contribution is -2.06. The molecule has 0 aliphatic carbocycles. The van der Waals surface area contributed by atoms with Gasteiger partial charge in [0.1, 0.15) is 11.5 Å². The molecule has 2 aromatic carbocycles. The van der Waals surface area contributed by atoms with E-state index in [-0.39, 0.29) is 0 Å². The summed E-state index contributed by atoms with van der Waals surface area (Å²) in [4.78, 5) is 0. The Morgan fingerprint density at radius 1 is 0.762 bits per heavy atom. The second-order valence-electron chi connectivity index (χ2n) is 5.40. The van der Waals surface area contributed by atoms with E-state index < -0.39 is 0 Å². The predicted octanol–water partition coefficient (Wildman–Crippen LogP) is 3.10. The average Bonchev–Trinajstić information content (AvgIpc) is 2.45. The van der Waals surface area contributed by atoms with E-state index in [4.69, 9.17) is 16.2 Å². The van der Waals surface area contributed by atoms with Gasteiger partial charge in [-0.25, -0.2) is 0 Å². The van der Waals surface area contributed by atoms with E-state index in [1.165, 1.54) is 11.1 Å². The van der Waals surface area contributed by atoms with E-state index in [0.29, 0.717) is 13.1 Å². The summed E-state index contributed by atoms with van der Waals surface area (Å²) < 4.78 is 6.14. The van der Waals surface area contributed by atoms with Crippen molar-refractivity contribution in [2.75, 3.05) is 13.1 Å². The molecule has 0 fully saturated rings. The summed E-state index contributed by atoms with van der Waals surface area (Å²) in [5.74, 6) is 1.77. The maximum absolute atomic E-state index is 6.14. The minimum atomic E-state index is 0.614. The zero-order valence-electron chi connectivity index (χ0n) is 12.9. The van der Waals surface area contributed by atoms with E-state index in [0.717, 1.165) is 35.5 Å². The molecule has 0 unspecified atom stereocenters. The molecule has 2 rings (SSSR count). The van der Waals surface area contributed by atoms with Crippen LogP contribution >= 0.6 is 0 Å². The van der Waals surface area contributed by atoms with Crippen LogP contribution in [0.3, 0.4) is 0 Å². The highest BCUT2D eigenvalue weighted by atomic mass is 16.5. The van der Waals surface area contributed by atoms with Crippen LogP contribution in [-0.4, -0.2) is 13.1 Å². The lowest BCUT2D eigenvalue weighted by molar-refractivity contribution is 0.469. The van der Waals surface area contributed by atoms with Crippen molar-refractivity contribution >= 4 is 0 Å². The first-order valence-corrected chi connectivity index (χ1v) is 7.41. The smallest absolute Gasteiger partial charge is 0.130 e. The van der Waals surface area contributed by atoms with Gasteiger partial charge in [-0.15, -0.1) is 0 Å². The third-order valence-corrected chi connectivity index (χ3v) is 3.48. The van der Waals surface area contributed by atoms with Crippen LogP contribution in [0.1, 0.15) is 22.3 Å². The SMILES string of the molecule is Cc1ccc(Oc2ccc(C)cc2CCN)c(CCN)c1. The number of hydrogen-bond acceptors (Lipinski definition) is 3. The summed E-state index contributed by atoms with van der Waals surface area (Å²) in [5.41, 5.74) is 16.1. The minimum absolute atomic E-state index is 0.614. The quantitative estimate of drug-likeness (QED) is 0.857. The molecule has 21 heavy (non-hydrogen) atoms. The fourth-order valence-corrected chi connectivity index (χ4v) is 2.44. The van der Waals surface area contributed by atoms with Crippen molar-refractivity contribution in [3.8, 4) is 11.5 Å². The van der Waals surface area contributed by atoms with Crippen molar-refractivity contribution < 1.29 is 4.74 Å². The number of nitrogens with two attached hydrogens (primary N) is 2. The monoisotopic (exact) mass is 284 g/mol. The molecule has 3 nitrogen and oxygen atoms in total. The summed E-state index contributed by atoms with van der Waals surface area (Å²) in [7, 11) is 0. The first-order chi connectivity index (χ1) is 10.1. The molecule has 4 N–H and O–H groups in total. The number of rotatable bonds is 6. The topological polar surface area (TPSA) is 61.3 Å². The van der Waals surface area contributed by atoms with E-state index >= 15 is 0 Å². The highest BCUT2D eigenvalue weighted by molar-refractivity contribution is 5.44. The van der Waals surface area contributed by atoms with Crippen LogP contribution in [0.5, 0.6) is 11.5 Å². The Morgan fingerprint density at radius 2 is 1.19 bits per heavy atom. The third kappa shape index (κ3) is 4.06. The molecule has 0 spiro atoms. The van der Waals surface area contributed by atoms with Crippen molar-refractivity contribution in [1.82, 2.24) is 0 Å². The van der Waals surface area contributed by atoms with E-state index in [1.54, 1.807) is 0 Å². The van der Waals surface area contributed by atoms with Gasteiger partial charge in [0.15, 0.2) is 0 Å². The molecule has 0 heterocycles. The fraction of sp³-hybridized carbons (Fsp3) is 0.333. The zero-order valence-corrected chi connectivity index (χ0v) is 12.9. The first-order valence-electron chi connectivity index (χ1n) is 7.41. The summed E-state index contributed by atoms with van der Waals surface area (Å²) in [5, 5.41) is 0. The molecule has 3 heteroatoms. The molecule has 0 radical (unpaired) electrons. The number of hydrogen-bond donors (Lipinski definition) is 2. The van der Waals surface area contributed by atoms with Gasteiger partial charge in [-0.2, -0.15) is 0 Å². The highest BCUT2D eigenvalue weighted by Crippen LogP contribution is 2.30. The number of aryl methyl sites for hydroxylation is 2. The molecule has 0 amide bonds. The summed E-state index contributed by atoms with van der Waals surface area (Å²) in [6.07, 6.45) is 1.63. The lowest BCUT2D eigenvalue weighted by Gasteiger charge is -2.15. The van der Waals surface area contributed by atoms with E-state index in [2.05, 4.69) is 38.1 Å². The predicted molar refractivity (Wildman–Crippen MR) is 87.9 cm³/mol. The second-order valence-corrected chi connectivity index (χ2v) is 5.40. The Kier molecular flexibility index (Phi) is 5.37. The molecule has 112 valence electrons. The van der Waals surface area contributed by atoms with Gasteiger partial charge in [0.2, 0.25) is 0 Å². The standard InChI is InChI=1S/C18H24N2O/c1-13-3-5-17(15(11-13)7-9-19)21-18-6-4-14(2)12-16(18)8-10-20/h3-6,11-12H,7-10,19-20H2,1-2H3. The number of ether oxygens (including phenoxy) is 1. The van der Waals surface area contributed by atoms with Crippen LogP contribution in [-0.2, 0) is 12.8 Å². The summed E-state index contributed by atoms with van der Waals surface area (Å²) in [6.45, 7) is 5.39. The van der Waals surface area contributed by atoms with Crippen LogP contribution in [0.4, 0.5) is 0 Å². The Hall–Kier alpha value is -1.84. The van der Waals surface area contributed by atoms with Crippen molar-refractivity contribution in [1.29, 1.82) is 0 Å². The molecule has 0 atom stereocenters. The van der Waals surface area contributed by atoms with Crippen molar-refractivity contribution in [3.63, 3.8) is 0 Å². The molecular weight excluding hydrogens is 260 g/mol. The largest absolute Gasteiger partial charge is 0.457 e. The molecule has 2 aromatic rings. The molecule has 0 aromatic heterocycles. The summed E-state index contributed by atoms with van der Waals surface area (Å²) in [6, 6.07) is 12.4. The van der Waals surface area contributed by atoms with Crippen molar-refractivity contribution in [3.05, 3.63) is 58.7 Å². The van der Waals surface area contributed by atoms with Gasteiger partial charge in [-0.3, -0.25) is 0 Å². The van der Waals surface area contributed by atoms with Crippen LogP contribution < -0.4 is 16.2 Å². The Morgan fingerprint density at radius 3 is 1.57 bits per heavy atom. The Bertz CT molecular complexity index is 555. The Balaban J connectivity index is 2.33. The Labute approximate surface area is 126 Å². The maximum Gasteiger partial charge on any atom is 0.130 e. The van der Waals surface area contributed by atoms with Gasteiger partial charge in [0.05, 0.1) is 0 Å². The van der Waals surface area contributed by atoms with Crippen LogP contribution in [0.25, 0.3) is 0 Å². The molecule has 0 aliphatic heterocycles. The molecule has 0 saturated carbocycles. The van der Waals surface area contributed by atoms with Gasteiger partial charge in [0.25, 0.3) is 0 Å². The zero-order chi connectivity index (χ0) is 15.2. The van der Waals surface area contributed by atoms with E-state index in [9.17, 15) is 0 Å². The van der Waals surface area contributed by atoms with Gasteiger partial charge >= 0.3 is 0 Å². The molecule has 0 bridgehead atoms. The van der Waals surface area contributed by atoms with Crippen LogP contribution in [0, 0.1) is 13.8 Å². The van der Waals surface area contributed by atoms with Gasteiger partial charge in [-0.1, -0.05) is 35.4 Å². The van der Waals surface area contributed by atoms with Gasteiger partial charge in [0, 0.05) is 0 Å². The first kappa shape index (κ1) is 15.5. The fourth-order valence-electron chi connectivity index (χ4n) is 2.44. The highest BCUT2D eigenvalue weighted by Gasteiger charge is 2.09. The summed E-state index contributed by atoms with van der Waals surface area (Å²) >= 11 is 0. The molecule has 0 aliphatic rings. The van der Waals surface area contributed by atoms with Gasteiger partial charge in [-0.05, 0) is 63.0 Å². The van der Waals surface area contributed by atoms with Crippen molar-refractivity contribution in [2.24, 2.45) is 11.5 Å². The number of benzene rings is 2. The third-order valence-electron chi connectivity index (χ3n) is 3.48. The molecular formula is C18H24N2O. The molecule has 0 saturated heterocycles.